The van der Waals surface area contributed by atoms with Crippen LogP contribution in [0, 0.1) is 5.92 Å². The summed E-state index contributed by atoms with van der Waals surface area (Å²) in [5, 5.41) is 12.2. The number of piperidine rings is 2. The van der Waals surface area contributed by atoms with Crippen molar-refractivity contribution < 1.29 is 24.3 Å². The van der Waals surface area contributed by atoms with E-state index in [2.05, 4.69) is 75.5 Å². The van der Waals surface area contributed by atoms with Gasteiger partial charge in [-0.1, -0.05) is 61.5 Å². The number of amides is 4. The smallest absolute Gasteiger partial charge is 0.262 e. The number of hydrogen-bond donors (Lipinski definition) is 2. The average Bonchev–Trinajstić information content (AvgIpc) is 3.46. The first-order valence-electron chi connectivity index (χ1n) is 19.5. The zero-order chi connectivity index (χ0) is 38.1. The van der Waals surface area contributed by atoms with Crippen molar-refractivity contribution >= 4 is 46.1 Å². The summed E-state index contributed by atoms with van der Waals surface area (Å²) in [5.41, 5.74) is 8.70. The molecule has 10 heteroatoms. The van der Waals surface area contributed by atoms with Crippen molar-refractivity contribution in [1.29, 1.82) is 0 Å². The van der Waals surface area contributed by atoms with Gasteiger partial charge in [0.2, 0.25) is 11.8 Å². The van der Waals surface area contributed by atoms with Gasteiger partial charge in [0.05, 0.1) is 11.1 Å². The second kappa shape index (κ2) is 15.5. The maximum atomic E-state index is 13.3. The topological polar surface area (TPSA) is 114 Å². The number of fused-ring (bicyclic) bond motifs is 1. The number of benzene rings is 4. The molecule has 4 heterocycles. The lowest BCUT2D eigenvalue weighted by Gasteiger charge is -2.40. The van der Waals surface area contributed by atoms with E-state index in [-0.39, 0.29) is 24.5 Å². The summed E-state index contributed by atoms with van der Waals surface area (Å²) >= 11 is 0. The molecule has 3 saturated heterocycles. The quantitative estimate of drug-likeness (QED) is 0.154. The number of hydrogen-bond acceptors (Lipinski definition) is 8. The van der Waals surface area contributed by atoms with Crippen molar-refractivity contribution in [2.75, 3.05) is 55.6 Å². The molecule has 3 fully saturated rings. The van der Waals surface area contributed by atoms with E-state index in [1.54, 1.807) is 24.3 Å². The van der Waals surface area contributed by atoms with Gasteiger partial charge in [0.1, 0.15) is 11.8 Å². The Labute approximate surface area is 322 Å². The fourth-order valence-corrected chi connectivity index (χ4v) is 8.73. The Morgan fingerprint density at radius 3 is 1.95 bits per heavy atom. The number of carbonyl (C=O) groups is 4. The van der Waals surface area contributed by atoms with Gasteiger partial charge in [-0.25, -0.2) is 0 Å². The van der Waals surface area contributed by atoms with E-state index in [0.717, 1.165) is 81.2 Å². The first-order valence-corrected chi connectivity index (χ1v) is 19.5. The fraction of sp³-hybridized carbons (Fsp3) is 0.333. The maximum Gasteiger partial charge on any atom is 0.262 e. The van der Waals surface area contributed by atoms with Crippen LogP contribution in [0.1, 0.15) is 76.4 Å². The highest BCUT2D eigenvalue weighted by Crippen LogP contribution is 2.37. The Balaban J connectivity index is 0.860. The minimum atomic E-state index is -0.961. The van der Waals surface area contributed by atoms with E-state index in [4.69, 9.17) is 0 Å². The van der Waals surface area contributed by atoms with Crippen molar-refractivity contribution in [3.05, 3.63) is 125 Å². The second-order valence-electron chi connectivity index (χ2n) is 15.1. The molecule has 8 rings (SSSR count). The van der Waals surface area contributed by atoms with Crippen molar-refractivity contribution in [3.63, 3.8) is 0 Å². The summed E-state index contributed by atoms with van der Waals surface area (Å²) in [6.45, 7) is 8.81. The van der Waals surface area contributed by atoms with Crippen molar-refractivity contribution in [3.8, 4) is 5.75 Å². The number of imide groups is 2. The zero-order valence-electron chi connectivity index (χ0n) is 31.2. The molecule has 4 aliphatic rings. The molecule has 0 radical (unpaired) electrons. The largest absolute Gasteiger partial charge is 0.508 e. The predicted molar refractivity (Wildman–Crippen MR) is 214 cm³/mol. The number of nitrogens with one attached hydrogen (secondary N) is 1. The Morgan fingerprint density at radius 1 is 0.673 bits per heavy atom. The number of phenolic OH excluding ortho intramolecular Hbond substituents is 1. The SMILES string of the molecule is CC/C(=C(\c1ccc(O)cc1)c1ccc(N2CCC(CN3CCN(c4ccc5c(c4)C(=O)N(C4CCC(=O)NC4=O)C5=O)CC3)CC2)cc1)c1ccccc1. The van der Waals surface area contributed by atoms with E-state index < -0.39 is 23.8 Å². The molecule has 0 aliphatic carbocycles. The lowest BCUT2D eigenvalue weighted by molar-refractivity contribution is -0.136. The third-order valence-corrected chi connectivity index (χ3v) is 11.7. The third-order valence-electron chi connectivity index (χ3n) is 11.7. The molecule has 4 amide bonds. The van der Waals surface area contributed by atoms with Crippen LogP contribution in [0.2, 0.25) is 0 Å². The lowest BCUT2D eigenvalue weighted by atomic mass is 9.88. The number of piperazine rings is 1. The first kappa shape index (κ1) is 36.2. The molecule has 4 aliphatic heterocycles. The molecule has 0 spiro atoms. The van der Waals surface area contributed by atoms with E-state index in [9.17, 15) is 24.3 Å². The molecule has 4 aromatic carbocycles. The van der Waals surface area contributed by atoms with Crippen LogP contribution in [0.25, 0.3) is 11.1 Å². The Kier molecular flexibility index (Phi) is 10.2. The number of carbonyl (C=O) groups excluding carboxylic acids is 4. The number of rotatable bonds is 9. The van der Waals surface area contributed by atoms with Crippen LogP contribution < -0.4 is 15.1 Å². The highest BCUT2D eigenvalue weighted by Gasteiger charge is 2.44. The van der Waals surface area contributed by atoms with Gasteiger partial charge >= 0.3 is 0 Å². The molecule has 1 atom stereocenters. The minimum absolute atomic E-state index is 0.102. The highest BCUT2D eigenvalue weighted by atomic mass is 16.3. The van der Waals surface area contributed by atoms with Gasteiger partial charge in [-0.3, -0.25) is 34.3 Å². The molecule has 0 saturated carbocycles. The van der Waals surface area contributed by atoms with Crippen LogP contribution >= 0.6 is 0 Å². The van der Waals surface area contributed by atoms with Crippen LogP contribution in [0.15, 0.2) is 97.1 Å². The van der Waals surface area contributed by atoms with E-state index in [1.807, 2.05) is 24.3 Å². The molecule has 4 aromatic rings. The van der Waals surface area contributed by atoms with Crippen LogP contribution in [0.5, 0.6) is 5.75 Å². The van der Waals surface area contributed by atoms with Crippen LogP contribution in [0.3, 0.4) is 0 Å². The van der Waals surface area contributed by atoms with Gasteiger partial charge in [0.25, 0.3) is 11.8 Å². The standard InChI is InChI=1S/C45H47N5O5/c1-2-37(31-6-4-3-5-7-31)42(33-10-15-36(51)16-11-33)32-8-12-34(13-9-32)48-22-20-30(21-23-48)29-47-24-26-49(27-25-47)35-14-17-38-39(28-35)45(55)50(44(38)54)40-18-19-41(52)46-43(40)53/h3-17,28,30,40,51H,2,18-27,29H2,1H3,(H,46,52,53)/b42-37+. The third kappa shape index (κ3) is 7.38. The summed E-state index contributed by atoms with van der Waals surface area (Å²) < 4.78 is 0. The van der Waals surface area contributed by atoms with Crippen LogP contribution in [0.4, 0.5) is 11.4 Å². The molecule has 1 unspecified atom stereocenters. The minimum Gasteiger partial charge on any atom is -0.508 e. The summed E-state index contributed by atoms with van der Waals surface area (Å²) in [4.78, 5) is 58.9. The first-order chi connectivity index (χ1) is 26.8. The maximum absolute atomic E-state index is 13.3. The van der Waals surface area contributed by atoms with Crippen LogP contribution in [-0.4, -0.2) is 90.4 Å². The second-order valence-corrected chi connectivity index (χ2v) is 15.1. The molecular weight excluding hydrogens is 691 g/mol. The summed E-state index contributed by atoms with van der Waals surface area (Å²) in [5.74, 6) is -1.03. The number of phenols is 1. The summed E-state index contributed by atoms with van der Waals surface area (Å²) in [6.07, 6.45) is 3.41. The molecular formula is C45H47N5O5. The van der Waals surface area contributed by atoms with Gasteiger partial charge < -0.3 is 14.9 Å². The fourth-order valence-electron chi connectivity index (χ4n) is 8.73. The van der Waals surface area contributed by atoms with Gasteiger partial charge in [-0.15, -0.1) is 0 Å². The normalized spacial score (nSPS) is 20.1. The monoisotopic (exact) mass is 737 g/mol. The van der Waals surface area contributed by atoms with E-state index in [1.165, 1.54) is 28.0 Å². The van der Waals surface area contributed by atoms with Gasteiger partial charge in [-0.2, -0.15) is 0 Å². The lowest BCUT2D eigenvalue weighted by Crippen LogP contribution is -2.54. The molecule has 0 aromatic heterocycles. The molecule has 282 valence electrons. The number of nitrogens with zero attached hydrogens (tertiary/aromatic N) is 4. The molecule has 10 nitrogen and oxygen atoms in total. The molecule has 0 bridgehead atoms. The number of allylic oxidation sites excluding steroid dienone is 1. The van der Waals surface area contributed by atoms with E-state index in [0.29, 0.717) is 17.0 Å². The number of aromatic hydroxyl groups is 1. The summed E-state index contributed by atoms with van der Waals surface area (Å²) in [7, 11) is 0. The van der Waals surface area contributed by atoms with Crippen molar-refractivity contribution in [2.45, 2.75) is 45.1 Å². The van der Waals surface area contributed by atoms with Crippen molar-refractivity contribution in [2.24, 2.45) is 5.92 Å². The summed E-state index contributed by atoms with van der Waals surface area (Å²) in [6, 6.07) is 31.5. The Bertz CT molecular complexity index is 2120. The highest BCUT2D eigenvalue weighted by molar-refractivity contribution is 6.23. The number of anilines is 2. The van der Waals surface area contributed by atoms with Crippen molar-refractivity contribution in [1.82, 2.24) is 15.1 Å². The van der Waals surface area contributed by atoms with Gasteiger partial charge in [-0.05, 0) is 102 Å². The average molecular weight is 738 g/mol. The Hall–Kier alpha value is -5.74. The van der Waals surface area contributed by atoms with Crippen LogP contribution in [-0.2, 0) is 9.59 Å². The van der Waals surface area contributed by atoms with E-state index >= 15 is 0 Å². The Morgan fingerprint density at radius 2 is 1.29 bits per heavy atom. The zero-order valence-corrected chi connectivity index (χ0v) is 31.2. The van der Waals surface area contributed by atoms with Gasteiger partial charge in [0.15, 0.2) is 0 Å². The molecule has 55 heavy (non-hydrogen) atoms. The predicted octanol–water partition coefficient (Wildman–Crippen LogP) is 6.20. The van der Waals surface area contributed by atoms with Gasteiger partial charge in [0, 0.05) is 63.6 Å². The molecule has 2 N–H and O–H groups in total.